The Bertz CT molecular complexity index is 520. The van der Waals surface area contributed by atoms with Crippen LogP contribution in [0.15, 0.2) is 23.1 Å². The molecule has 0 fully saturated rings. The largest absolute Gasteiger partial charge is 0.383 e. The summed E-state index contributed by atoms with van der Waals surface area (Å²) in [7, 11) is 1.34. The molecular formula is C12H19ClN2O3S. The Hall–Kier alpha value is -0.660. The number of sulfonamides is 1. The lowest BCUT2D eigenvalue weighted by Crippen LogP contribution is -2.30. The maximum Gasteiger partial charge on any atom is 0.242 e. The average Bonchev–Trinajstić information content (AvgIpc) is 2.38. The first-order chi connectivity index (χ1) is 8.93. The Balaban J connectivity index is 3.04. The van der Waals surface area contributed by atoms with E-state index >= 15 is 0 Å². The van der Waals surface area contributed by atoms with Gasteiger partial charge < -0.3 is 10.1 Å². The summed E-state index contributed by atoms with van der Waals surface area (Å²) < 4.78 is 30.8. The van der Waals surface area contributed by atoms with Crippen molar-refractivity contribution in [1.29, 1.82) is 0 Å². The smallest absolute Gasteiger partial charge is 0.242 e. The van der Waals surface area contributed by atoms with Gasteiger partial charge in [-0.2, -0.15) is 4.31 Å². The van der Waals surface area contributed by atoms with Crippen LogP contribution in [0.25, 0.3) is 0 Å². The van der Waals surface area contributed by atoms with Crippen LogP contribution in [0.4, 0.5) is 0 Å². The summed E-state index contributed by atoms with van der Waals surface area (Å²) in [4.78, 5) is 0.237. The molecule has 0 aliphatic rings. The molecule has 0 bridgehead atoms. The maximum atomic E-state index is 12.3. The number of rotatable bonds is 7. The SMILES string of the molecule is CNCc1cc(S(=O)(=O)N(C)CCOC)ccc1Cl. The van der Waals surface area contributed by atoms with Crippen molar-refractivity contribution in [2.45, 2.75) is 11.4 Å². The van der Waals surface area contributed by atoms with Gasteiger partial charge in [-0.15, -0.1) is 0 Å². The molecule has 5 nitrogen and oxygen atoms in total. The predicted octanol–water partition coefficient (Wildman–Crippen LogP) is 1.33. The van der Waals surface area contributed by atoms with E-state index in [9.17, 15) is 8.42 Å². The molecule has 1 aromatic carbocycles. The van der Waals surface area contributed by atoms with Gasteiger partial charge >= 0.3 is 0 Å². The molecule has 0 radical (unpaired) electrons. The molecule has 0 aromatic heterocycles. The molecule has 0 aliphatic heterocycles. The lowest BCUT2D eigenvalue weighted by Gasteiger charge is -2.17. The monoisotopic (exact) mass is 306 g/mol. The fourth-order valence-corrected chi connectivity index (χ4v) is 2.95. The lowest BCUT2D eigenvalue weighted by molar-refractivity contribution is 0.185. The van der Waals surface area contributed by atoms with E-state index in [0.29, 0.717) is 24.7 Å². The third-order valence-electron chi connectivity index (χ3n) is 2.70. The van der Waals surface area contributed by atoms with E-state index in [-0.39, 0.29) is 4.90 Å². The van der Waals surface area contributed by atoms with Crippen molar-refractivity contribution in [3.8, 4) is 0 Å². The summed E-state index contributed by atoms with van der Waals surface area (Å²) in [6.45, 7) is 1.18. The van der Waals surface area contributed by atoms with Crippen molar-refractivity contribution in [1.82, 2.24) is 9.62 Å². The van der Waals surface area contributed by atoms with Crippen molar-refractivity contribution < 1.29 is 13.2 Å². The number of methoxy groups -OCH3 is 1. The minimum atomic E-state index is -3.50. The van der Waals surface area contributed by atoms with Gasteiger partial charge in [0.05, 0.1) is 11.5 Å². The molecule has 108 valence electrons. The first-order valence-corrected chi connectivity index (χ1v) is 7.63. The Morgan fingerprint density at radius 2 is 2.11 bits per heavy atom. The van der Waals surface area contributed by atoms with E-state index in [0.717, 1.165) is 5.56 Å². The summed E-state index contributed by atoms with van der Waals surface area (Å²) >= 11 is 6.02. The Morgan fingerprint density at radius 1 is 1.42 bits per heavy atom. The Kier molecular flexibility index (Phi) is 6.22. The lowest BCUT2D eigenvalue weighted by atomic mass is 10.2. The molecule has 0 atom stereocenters. The summed E-state index contributed by atoms with van der Waals surface area (Å²) in [5.41, 5.74) is 0.755. The summed E-state index contributed by atoms with van der Waals surface area (Å²) in [5, 5.41) is 3.50. The Morgan fingerprint density at radius 3 is 2.68 bits per heavy atom. The second-order valence-corrected chi connectivity index (χ2v) is 6.56. The van der Waals surface area contributed by atoms with Crippen LogP contribution in [0.3, 0.4) is 0 Å². The molecule has 0 aliphatic carbocycles. The molecule has 7 heteroatoms. The first kappa shape index (κ1) is 16.4. The fraction of sp³-hybridized carbons (Fsp3) is 0.500. The zero-order valence-corrected chi connectivity index (χ0v) is 12.9. The highest BCUT2D eigenvalue weighted by Crippen LogP contribution is 2.22. The number of ether oxygens (including phenoxy) is 1. The van der Waals surface area contributed by atoms with Crippen LogP contribution in [0.2, 0.25) is 5.02 Å². The first-order valence-electron chi connectivity index (χ1n) is 5.81. The number of hydrogen-bond donors (Lipinski definition) is 1. The number of nitrogens with zero attached hydrogens (tertiary/aromatic N) is 1. The standard InChI is InChI=1S/C12H19ClN2O3S/c1-14-9-10-8-11(4-5-12(10)13)19(16,17)15(2)6-7-18-3/h4-5,8,14H,6-7,9H2,1-3H3. The molecule has 0 amide bonds. The van der Waals surface area contributed by atoms with Gasteiger partial charge in [-0.25, -0.2) is 8.42 Å². The van der Waals surface area contributed by atoms with E-state index in [2.05, 4.69) is 5.32 Å². The molecule has 0 saturated carbocycles. The minimum Gasteiger partial charge on any atom is -0.383 e. The van der Waals surface area contributed by atoms with Crippen molar-refractivity contribution in [2.75, 3.05) is 34.4 Å². The molecular weight excluding hydrogens is 288 g/mol. The molecule has 19 heavy (non-hydrogen) atoms. The van der Waals surface area contributed by atoms with Gasteiger partial charge in [0.25, 0.3) is 0 Å². The molecule has 0 heterocycles. The maximum absolute atomic E-state index is 12.3. The second-order valence-electron chi connectivity index (χ2n) is 4.10. The number of nitrogens with one attached hydrogen (secondary N) is 1. The van der Waals surface area contributed by atoms with Gasteiger partial charge in [0.2, 0.25) is 10.0 Å². The van der Waals surface area contributed by atoms with Gasteiger partial charge in [0.1, 0.15) is 0 Å². The topological polar surface area (TPSA) is 58.6 Å². The number of halogens is 1. The van der Waals surface area contributed by atoms with E-state index in [1.165, 1.54) is 24.5 Å². The average molecular weight is 307 g/mol. The molecule has 0 unspecified atom stereocenters. The van der Waals surface area contributed by atoms with Crippen LogP contribution >= 0.6 is 11.6 Å². The van der Waals surface area contributed by atoms with Crippen LogP contribution in [-0.4, -0.2) is 47.1 Å². The van der Waals surface area contributed by atoms with E-state index in [4.69, 9.17) is 16.3 Å². The quantitative estimate of drug-likeness (QED) is 0.825. The fourth-order valence-electron chi connectivity index (χ4n) is 1.56. The molecule has 0 saturated heterocycles. The zero-order chi connectivity index (χ0) is 14.5. The van der Waals surface area contributed by atoms with Crippen molar-refractivity contribution in [3.05, 3.63) is 28.8 Å². The Labute approximate surface area is 119 Å². The van der Waals surface area contributed by atoms with Crippen molar-refractivity contribution in [2.24, 2.45) is 0 Å². The highest BCUT2D eigenvalue weighted by molar-refractivity contribution is 7.89. The van der Waals surface area contributed by atoms with Gasteiger partial charge in [-0.3, -0.25) is 0 Å². The highest BCUT2D eigenvalue weighted by atomic mass is 35.5. The van der Waals surface area contributed by atoms with E-state index in [1.807, 2.05) is 0 Å². The molecule has 1 rings (SSSR count). The van der Waals surface area contributed by atoms with Gasteiger partial charge in [-0.1, -0.05) is 11.6 Å². The van der Waals surface area contributed by atoms with Gasteiger partial charge in [0, 0.05) is 32.3 Å². The summed E-state index contributed by atoms with van der Waals surface area (Å²) in [6, 6.07) is 4.71. The van der Waals surface area contributed by atoms with Gasteiger partial charge in [0.15, 0.2) is 0 Å². The second kappa shape index (κ2) is 7.21. The van der Waals surface area contributed by atoms with Gasteiger partial charge in [-0.05, 0) is 30.8 Å². The number of hydrogen-bond acceptors (Lipinski definition) is 4. The number of likely N-dealkylation sites (N-methyl/N-ethyl adjacent to an activating group) is 1. The summed E-state index contributed by atoms with van der Waals surface area (Å²) in [6.07, 6.45) is 0. The van der Waals surface area contributed by atoms with Crippen LogP contribution in [0.5, 0.6) is 0 Å². The van der Waals surface area contributed by atoms with Crippen LogP contribution in [-0.2, 0) is 21.3 Å². The van der Waals surface area contributed by atoms with Crippen molar-refractivity contribution in [3.63, 3.8) is 0 Å². The highest BCUT2D eigenvalue weighted by Gasteiger charge is 2.21. The normalized spacial score (nSPS) is 12.1. The van der Waals surface area contributed by atoms with Crippen LogP contribution < -0.4 is 5.32 Å². The van der Waals surface area contributed by atoms with Crippen LogP contribution in [0.1, 0.15) is 5.56 Å². The van der Waals surface area contributed by atoms with E-state index in [1.54, 1.807) is 19.2 Å². The molecule has 1 N–H and O–H groups in total. The molecule has 1 aromatic rings. The predicted molar refractivity (Wildman–Crippen MR) is 75.9 cm³/mol. The molecule has 0 spiro atoms. The van der Waals surface area contributed by atoms with Crippen LogP contribution in [0, 0.1) is 0 Å². The number of benzene rings is 1. The summed E-state index contributed by atoms with van der Waals surface area (Å²) in [5.74, 6) is 0. The van der Waals surface area contributed by atoms with Crippen molar-refractivity contribution >= 4 is 21.6 Å². The zero-order valence-electron chi connectivity index (χ0n) is 11.3. The minimum absolute atomic E-state index is 0.237. The third-order valence-corrected chi connectivity index (χ3v) is 4.92. The third kappa shape index (κ3) is 4.15. The van der Waals surface area contributed by atoms with E-state index < -0.39 is 10.0 Å².